The van der Waals surface area contributed by atoms with Gasteiger partial charge in [-0.25, -0.2) is 0 Å². The molecule has 0 amide bonds. The van der Waals surface area contributed by atoms with Crippen molar-refractivity contribution >= 4 is 11.8 Å². The lowest BCUT2D eigenvalue weighted by Gasteiger charge is -2.11. The first-order chi connectivity index (χ1) is 10.5. The van der Waals surface area contributed by atoms with Gasteiger partial charge in [0.1, 0.15) is 5.75 Å². The highest BCUT2D eigenvalue weighted by atomic mass is 16.5. The van der Waals surface area contributed by atoms with Crippen LogP contribution in [0.2, 0.25) is 0 Å². The van der Waals surface area contributed by atoms with E-state index in [1.807, 2.05) is 12.3 Å². The van der Waals surface area contributed by atoms with Gasteiger partial charge in [0.25, 0.3) is 0 Å². The SMILES string of the molecule is C=C(/C=C(\C=NC)CC)/C=C(\CC)c1ccc(OC)cc1C. The zero-order chi connectivity index (χ0) is 16.5. The first-order valence-electron chi connectivity index (χ1n) is 7.72. The zero-order valence-corrected chi connectivity index (χ0v) is 14.4. The van der Waals surface area contributed by atoms with Crippen LogP contribution in [-0.4, -0.2) is 20.4 Å². The summed E-state index contributed by atoms with van der Waals surface area (Å²) in [5.74, 6) is 0.892. The highest BCUT2D eigenvalue weighted by Gasteiger charge is 2.05. The van der Waals surface area contributed by atoms with Crippen molar-refractivity contribution < 1.29 is 4.74 Å². The van der Waals surface area contributed by atoms with Crippen LogP contribution in [0.25, 0.3) is 5.57 Å². The molecule has 0 aliphatic carbocycles. The number of ether oxygens (including phenoxy) is 1. The minimum Gasteiger partial charge on any atom is -0.497 e. The van der Waals surface area contributed by atoms with Gasteiger partial charge in [0.05, 0.1) is 7.11 Å². The average Bonchev–Trinajstić information content (AvgIpc) is 2.52. The standard InChI is InChI=1S/C20H27NO/c1-7-17(14-21-5)11-15(3)12-18(8-2)20-10-9-19(22-6)13-16(20)4/h9-14H,3,7-8H2,1-2,4-6H3/b17-11-,18-12+,21-14?. The maximum absolute atomic E-state index is 5.28. The van der Waals surface area contributed by atoms with Gasteiger partial charge >= 0.3 is 0 Å². The Hall–Kier alpha value is -2.09. The molecule has 0 fully saturated rings. The van der Waals surface area contributed by atoms with E-state index in [1.54, 1.807) is 14.2 Å². The zero-order valence-electron chi connectivity index (χ0n) is 14.4. The van der Waals surface area contributed by atoms with Crippen molar-refractivity contribution in [1.82, 2.24) is 0 Å². The van der Waals surface area contributed by atoms with Crippen LogP contribution >= 0.6 is 0 Å². The number of allylic oxidation sites excluding steroid dienone is 5. The molecule has 0 saturated heterocycles. The molecular weight excluding hydrogens is 270 g/mol. The third kappa shape index (κ3) is 5.03. The van der Waals surface area contributed by atoms with Crippen LogP contribution in [0.5, 0.6) is 5.75 Å². The summed E-state index contributed by atoms with van der Waals surface area (Å²) in [5, 5.41) is 0. The van der Waals surface area contributed by atoms with E-state index in [0.717, 1.165) is 24.2 Å². The molecule has 1 aromatic carbocycles. The molecule has 0 aliphatic heterocycles. The van der Waals surface area contributed by atoms with Crippen molar-refractivity contribution in [3.63, 3.8) is 0 Å². The van der Waals surface area contributed by atoms with E-state index in [2.05, 4.69) is 56.6 Å². The first kappa shape index (κ1) is 18.0. The van der Waals surface area contributed by atoms with Crippen molar-refractivity contribution in [2.45, 2.75) is 33.6 Å². The van der Waals surface area contributed by atoms with Gasteiger partial charge in [-0.15, -0.1) is 0 Å². The fourth-order valence-corrected chi connectivity index (χ4v) is 2.39. The van der Waals surface area contributed by atoms with E-state index >= 15 is 0 Å². The van der Waals surface area contributed by atoms with Crippen LogP contribution in [-0.2, 0) is 0 Å². The Morgan fingerprint density at radius 1 is 1.23 bits per heavy atom. The van der Waals surface area contributed by atoms with Gasteiger partial charge in [-0.1, -0.05) is 38.6 Å². The van der Waals surface area contributed by atoms with Crippen LogP contribution in [0, 0.1) is 6.92 Å². The summed E-state index contributed by atoms with van der Waals surface area (Å²) < 4.78 is 5.28. The molecule has 1 aromatic rings. The monoisotopic (exact) mass is 297 g/mol. The molecule has 0 heterocycles. The number of benzene rings is 1. The van der Waals surface area contributed by atoms with Crippen LogP contribution < -0.4 is 4.74 Å². The molecule has 0 bridgehead atoms. The van der Waals surface area contributed by atoms with Crippen molar-refractivity contribution in [2.75, 3.05) is 14.2 Å². The van der Waals surface area contributed by atoms with Gasteiger partial charge in [0.15, 0.2) is 0 Å². The van der Waals surface area contributed by atoms with Gasteiger partial charge in [0, 0.05) is 13.3 Å². The summed E-state index contributed by atoms with van der Waals surface area (Å²) in [6.45, 7) is 10.6. The lowest BCUT2D eigenvalue weighted by molar-refractivity contribution is 0.414. The van der Waals surface area contributed by atoms with Gasteiger partial charge in [-0.3, -0.25) is 4.99 Å². The molecule has 0 radical (unpaired) electrons. The van der Waals surface area contributed by atoms with Crippen LogP contribution in [0.4, 0.5) is 0 Å². The molecule has 0 unspecified atom stereocenters. The van der Waals surface area contributed by atoms with Crippen LogP contribution in [0.15, 0.2) is 53.1 Å². The van der Waals surface area contributed by atoms with Gasteiger partial charge in [-0.05, 0) is 59.7 Å². The topological polar surface area (TPSA) is 21.6 Å². The van der Waals surface area contributed by atoms with Gasteiger partial charge in [-0.2, -0.15) is 0 Å². The molecule has 0 aromatic heterocycles. The second-order valence-corrected chi connectivity index (χ2v) is 5.24. The fraction of sp³-hybridized carbons (Fsp3) is 0.350. The van der Waals surface area contributed by atoms with Crippen LogP contribution in [0.3, 0.4) is 0 Å². The van der Waals surface area contributed by atoms with Gasteiger partial charge < -0.3 is 4.74 Å². The molecule has 0 aliphatic rings. The predicted molar refractivity (Wildman–Crippen MR) is 97.9 cm³/mol. The van der Waals surface area contributed by atoms with Crippen molar-refractivity contribution in [3.8, 4) is 5.75 Å². The molecule has 0 atom stereocenters. The van der Waals surface area contributed by atoms with Crippen molar-refractivity contribution in [2.24, 2.45) is 4.99 Å². The second kappa shape index (κ2) is 9.04. The minimum atomic E-state index is 0.892. The molecule has 1 rings (SSSR count). The highest BCUT2D eigenvalue weighted by molar-refractivity contribution is 5.80. The third-order valence-electron chi connectivity index (χ3n) is 3.59. The molecule has 0 spiro atoms. The Morgan fingerprint density at radius 3 is 2.45 bits per heavy atom. The summed E-state index contributed by atoms with van der Waals surface area (Å²) in [6.07, 6.45) is 8.06. The Labute approximate surface area is 134 Å². The maximum Gasteiger partial charge on any atom is 0.119 e. The molecule has 118 valence electrons. The molecule has 2 heteroatoms. The quantitative estimate of drug-likeness (QED) is 0.488. The summed E-state index contributed by atoms with van der Waals surface area (Å²) in [5.41, 5.74) is 5.94. The van der Waals surface area contributed by atoms with E-state index < -0.39 is 0 Å². The number of aryl methyl sites for hydroxylation is 1. The molecular formula is C20H27NO. The normalized spacial score (nSPS) is 12.8. The van der Waals surface area contributed by atoms with Gasteiger partial charge in [0.2, 0.25) is 0 Å². The largest absolute Gasteiger partial charge is 0.497 e. The summed E-state index contributed by atoms with van der Waals surface area (Å²) in [6, 6.07) is 6.19. The second-order valence-electron chi connectivity index (χ2n) is 5.24. The van der Waals surface area contributed by atoms with E-state index in [1.165, 1.54) is 22.3 Å². The molecule has 0 saturated carbocycles. The van der Waals surface area contributed by atoms with E-state index in [-0.39, 0.29) is 0 Å². The van der Waals surface area contributed by atoms with E-state index in [9.17, 15) is 0 Å². The molecule has 2 nitrogen and oxygen atoms in total. The molecule has 0 N–H and O–H groups in total. The Bertz CT molecular complexity index is 606. The summed E-state index contributed by atoms with van der Waals surface area (Å²) in [7, 11) is 3.49. The number of nitrogens with zero attached hydrogens (tertiary/aromatic N) is 1. The summed E-state index contributed by atoms with van der Waals surface area (Å²) in [4.78, 5) is 4.08. The average molecular weight is 297 g/mol. The Kier molecular flexibility index (Phi) is 7.38. The number of hydrogen-bond acceptors (Lipinski definition) is 2. The molecule has 22 heavy (non-hydrogen) atoms. The highest BCUT2D eigenvalue weighted by Crippen LogP contribution is 2.26. The third-order valence-corrected chi connectivity index (χ3v) is 3.59. The number of hydrogen-bond donors (Lipinski definition) is 0. The number of methoxy groups -OCH3 is 1. The van der Waals surface area contributed by atoms with E-state index in [4.69, 9.17) is 4.74 Å². The Morgan fingerprint density at radius 2 is 1.95 bits per heavy atom. The first-order valence-corrected chi connectivity index (χ1v) is 7.72. The fourth-order valence-electron chi connectivity index (χ4n) is 2.39. The maximum atomic E-state index is 5.28. The summed E-state index contributed by atoms with van der Waals surface area (Å²) >= 11 is 0. The van der Waals surface area contributed by atoms with E-state index in [0.29, 0.717) is 0 Å². The van der Waals surface area contributed by atoms with Crippen molar-refractivity contribution in [1.29, 1.82) is 0 Å². The van der Waals surface area contributed by atoms with Crippen molar-refractivity contribution in [3.05, 3.63) is 59.2 Å². The minimum absolute atomic E-state index is 0.892. The predicted octanol–water partition coefficient (Wildman–Crippen LogP) is 5.39. The van der Waals surface area contributed by atoms with Crippen LogP contribution in [0.1, 0.15) is 37.8 Å². The lowest BCUT2D eigenvalue weighted by Crippen LogP contribution is -1.91. The number of aliphatic imine (C=N–C) groups is 1. The Balaban J connectivity index is 3.12. The number of rotatable bonds is 7. The lowest BCUT2D eigenvalue weighted by atomic mass is 9.96. The smallest absolute Gasteiger partial charge is 0.119 e.